The van der Waals surface area contributed by atoms with Crippen molar-refractivity contribution in [3.63, 3.8) is 0 Å². The van der Waals surface area contributed by atoms with Gasteiger partial charge in [-0.15, -0.1) is 24.3 Å². The average Bonchev–Trinajstić information content (AvgIpc) is 3.56. The van der Waals surface area contributed by atoms with Gasteiger partial charge in [-0.3, -0.25) is 4.90 Å². The van der Waals surface area contributed by atoms with Crippen LogP contribution in [-0.2, 0) is 39.2 Å². The van der Waals surface area contributed by atoms with Gasteiger partial charge in [-0.1, -0.05) is 78.9 Å². The zero-order chi connectivity index (χ0) is 42.8. The number of phenols is 2. The molecule has 6 heteroatoms. The minimum Gasteiger partial charge on any atom is -0.507 e. The van der Waals surface area contributed by atoms with Crippen LogP contribution in [0.2, 0.25) is 0 Å². The predicted molar refractivity (Wildman–Crippen MR) is 254 cm³/mol. The third-order valence-electron chi connectivity index (χ3n) is 10.9. The number of hydrogen-bond donors (Lipinski definition) is 2. The fraction of sp³-hybridized carbons (Fsp3) is 0.200. The summed E-state index contributed by atoms with van der Waals surface area (Å²) in [5, 5.41) is 25.8. The Morgan fingerprint density at radius 2 is 1.02 bits per heavy atom. The largest absolute Gasteiger partial charge is 4.00 e. The molecule has 8 rings (SSSR count). The first-order valence-electron chi connectivity index (χ1n) is 20.7. The van der Waals surface area contributed by atoms with Gasteiger partial charge in [0.15, 0.2) is 0 Å². The van der Waals surface area contributed by atoms with E-state index < -0.39 is 0 Å². The Balaban J connectivity index is 0.000000396. The number of para-hydroxylation sites is 2. The minimum absolute atomic E-state index is 0. The van der Waals surface area contributed by atoms with Crippen molar-refractivity contribution in [3.8, 4) is 28.3 Å². The van der Waals surface area contributed by atoms with Crippen LogP contribution in [0.3, 0.4) is 0 Å². The molecule has 0 amide bonds. The van der Waals surface area contributed by atoms with Crippen LogP contribution >= 0.6 is 0 Å². The Kier molecular flexibility index (Phi) is 16.7. The third-order valence-corrected chi connectivity index (χ3v) is 10.9. The summed E-state index contributed by atoms with van der Waals surface area (Å²) < 4.78 is 2.19. The minimum atomic E-state index is 0. The predicted octanol–water partition coefficient (Wildman–Crippen LogP) is 12.4. The number of fused-ring (bicyclic) bond motifs is 3. The van der Waals surface area contributed by atoms with Crippen molar-refractivity contribution in [2.24, 2.45) is 0 Å². The molecular formula is C55H59N3O2Zr+2. The second-order valence-corrected chi connectivity index (χ2v) is 16.0. The summed E-state index contributed by atoms with van der Waals surface area (Å²) in [4.78, 5) is 4.58. The molecule has 0 unspecified atom stereocenters. The summed E-state index contributed by atoms with van der Waals surface area (Å²) in [7, 11) is 4.18. The average molecular weight is 885 g/mol. The van der Waals surface area contributed by atoms with Crippen LogP contribution in [0.25, 0.3) is 38.6 Å². The van der Waals surface area contributed by atoms with Gasteiger partial charge >= 0.3 is 26.2 Å². The van der Waals surface area contributed by atoms with Gasteiger partial charge in [-0.2, -0.15) is 49.2 Å². The number of likely N-dealkylation sites (N-methyl/N-ethyl adjacent to an activating group) is 1. The summed E-state index contributed by atoms with van der Waals surface area (Å²) in [6, 6.07) is 51.2. The topological polar surface area (TPSA) is 51.9 Å². The molecule has 1 heterocycles. The van der Waals surface area contributed by atoms with E-state index in [1.165, 1.54) is 10.8 Å². The normalized spacial score (nSPS) is 10.9. The molecular weight excluding hydrogens is 826 g/mol. The monoisotopic (exact) mass is 883 g/mol. The summed E-state index contributed by atoms with van der Waals surface area (Å²) in [5.41, 5.74) is 13.5. The molecule has 1 aromatic heterocycles. The van der Waals surface area contributed by atoms with Crippen molar-refractivity contribution in [1.29, 1.82) is 0 Å². The molecule has 8 aromatic rings. The van der Waals surface area contributed by atoms with E-state index in [0.29, 0.717) is 24.5 Å². The number of aromatic nitrogens is 1. The molecule has 0 aliphatic rings. The number of hydrogen-bond acceptors (Lipinski definition) is 4. The summed E-state index contributed by atoms with van der Waals surface area (Å²) in [5.74, 6) is 0.672. The zero-order valence-corrected chi connectivity index (χ0v) is 39.1. The molecule has 0 bridgehead atoms. The maximum absolute atomic E-state index is 11.9. The van der Waals surface area contributed by atoms with E-state index in [4.69, 9.17) is 0 Å². The van der Waals surface area contributed by atoms with Crippen LogP contribution < -0.4 is 0 Å². The first-order chi connectivity index (χ1) is 28.9. The maximum atomic E-state index is 11.9. The maximum Gasteiger partial charge on any atom is 4.00 e. The molecule has 2 N–H and O–H groups in total. The van der Waals surface area contributed by atoms with Crippen LogP contribution in [0, 0.1) is 41.5 Å². The summed E-state index contributed by atoms with van der Waals surface area (Å²) in [6.45, 7) is 18.9. The molecule has 308 valence electrons. The number of benzene rings is 7. The van der Waals surface area contributed by atoms with Crippen LogP contribution in [0.15, 0.2) is 152 Å². The van der Waals surface area contributed by atoms with E-state index >= 15 is 0 Å². The van der Waals surface area contributed by atoms with Crippen molar-refractivity contribution >= 4 is 21.8 Å². The summed E-state index contributed by atoms with van der Waals surface area (Å²) >= 11 is 0. The summed E-state index contributed by atoms with van der Waals surface area (Å²) in [6.07, 6.45) is 0.700. The number of aromatic hydroxyl groups is 2. The molecule has 0 fully saturated rings. The molecule has 0 atom stereocenters. The second-order valence-electron chi connectivity index (χ2n) is 16.0. The first kappa shape index (κ1) is 46.5. The van der Waals surface area contributed by atoms with E-state index in [0.717, 1.165) is 92.0 Å². The Morgan fingerprint density at radius 3 is 1.52 bits per heavy atom. The van der Waals surface area contributed by atoms with Crippen molar-refractivity contribution in [2.45, 2.75) is 40.7 Å². The molecule has 7 aromatic carbocycles. The van der Waals surface area contributed by atoms with E-state index in [9.17, 15) is 10.2 Å². The van der Waals surface area contributed by atoms with E-state index in [1.54, 1.807) is 0 Å². The first-order valence-corrected chi connectivity index (χ1v) is 20.7. The van der Waals surface area contributed by atoms with Crippen LogP contribution in [0.1, 0.15) is 44.5 Å². The SMILES string of the molecule is Cc1cc(CCN(CCN(C)C)Cc2cc(C)cc(-n3c4ccccc4c4ccccc43)c2O)c(O)c(-c2c(C)cccc2C)c1.[CH2-]c1ccccc1.[CH2-]c1ccccc1.[Zr+4]. The number of aryl methyl sites for hydroxylation is 4. The number of rotatable bonds is 10. The smallest absolute Gasteiger partial charge is 0.507 e. The Morgan fingerprint density at radius 1 is 0.525 bits per heavy atom. The van der Waals surface area contributed by atoms with Gasteiger partial charge < -0.3 is 19.7 Å². The fourth-order valence-corrected chi connectivity index (χ4v) is 7.87. The Labute approximate surface area is 383 Å². The second kappa shape index (κ2) is 21.8. The third kappa shape index (κ3) is 11.9. The van der Waals surface area contributed by atoms with Gasteiger partial charge in [0, 0.05) is 48.1 Å². The van der Waals surface area contributed by atoms with Gasteiger partial charge in [0.1, 0.15) is 11.5 Å². The standard InChI is InChI=1S/C41H45N3O2.2C7H7.Zr/c1-27-22-31(40(45)35(24-27)39-29(3)12-11-13-30(39)4)18-19-43(21-20-42(5)6)26-32-23-28(2)25-38(41(32)46)44-36-16-9-7-14-33(36)34-15-8-10-17-37(34)44;2*1-7-5-3-2-4-6-7;/h7-17,22-25,45-46H,18-21,26H2,1-6H3;2*2-6H,1H2;/q;2*-1;+4. The number of phenolic OH excluding ortho intramolecular Hbond substituents is 2. The van der Waals surface area contributed by atoms with Crippen molar-refractivity contribution < 1.29 is 36.4 Å². The molecule has 61 heavy (non-hydrogen) atoms. The van der Waals surface area contributed by atoms with Gasteiger partial charge in [0.2, 0.25) is 0 Å². The van der Waals surface area contributed by atoms with Gasteiger partial charge in [-0.05, 0) is 106 Å². The molecule has 0 saturated carbocycles. The van der Waals surface area contributed by atoms with Crippen LogP contribution in [0.4, 0.5) is 0 Å². The molecule has 0 saturated heterocycles. The Bertz CT molecular complexity index is 2540. The molecule has 0 aliphatic carbocycles. The van der Waals surface area contributed by atoms with E-state index in [1.807, 2.05) is 60.7 Å². The zero-order valence-electron chi connectivity index (χ0n) is 36.6. The molecule has 5 nitrogen and oxygen atoms in total. The molecule has 0 spiro atoms. The van der Waals surface area contributed by atoms with Crippen molar-refractivity contribution in [1.82, 2.24) is 14.4 Å². The molecule has 0 radical (unpaired) electrons. The van der Waals surface area contributed by atoms with E-state index in [-0.39, 0.29) is 26.2 Å². The number of nitrogens with zero attached hydrogens (tertiary/aromatic N) is 3. The fourth-order valence-electron chi connectivity index (χ4n) is 7.87. The van der Waals surface area contributed by atoms with Gasteiger partial charge in [0.25, 0.3) is 0 Å². The Hall–Kier alpha value is -5.52. The van der Waals surface area contributed by atoms with Crippen LogP contribution in [-0.4, -0.2) is 58.3 Å². The van der Waals surface area contributed by atoms with Crippen molar-refractivity contribution in [2.75, 3.05) is 33.7 Å². The molecule has 0 aliphatic heterocycles. The van der Waals surface area contributed by atoms with Crippen LogP contribution in [0.5, 0.6) is 11.5 Å². The van der Waals surface area contributed by atoms with Gasteiger partial charge in [-0.25, -0.2) is 0 Å². The van der Waals surface area contributed by atoms with Gasteiger partial charge in [0.05, 0.1) is 16.7 Å². The van der Waals surface area contributed by atoms with Crippen molar-refractivity contribution in [3.05, 3.63) is 210 Å². The van der Waals surface area contributed by atoms with E-state index in [2.05, 4.69) is 161 Å². The quantitative estimate of drug-likeness (QED) is 0.134.